The minimum atomic E-state index is -0.934. The summed E-state index contributed by atoms with van der Waals surface area (Å²) in [5.74, 6) is -0.354. The third-order valence-electron chi connectivity index (χ3n) is 3.83. The number of methoxy groups -OCH3 is 1. The molecule has 132 valence electrons. The summed E-state index contributed by atoms with van der Waals surface area (Å²) in [6.45, 7) is 3.06. The van der Waals surface area contributed by atoms with Crippen LogP contribution >= 0.6 is 0 Å². The second-order valence-corrected chi connectivity index (χ2v) is 5.68. The molecule has 0 unspecified atom stereocenters. The number of benzene rings is 1. The normalized spacial score (nSPS) is 18.9. The topological polar surface area (TPSA) is 85.3 Å². The van der Waals surface area contributed by atoms with E-state index in [1.54, 1.807) is 18.9 Å². The Morgan fingerprint density at radius 1 is 1.46 bits per heavy atom. The van der Waals surface area contributed by atoms with E-state index in [0.717, 1.165) is 11.3 Å². The molecule has 1 aromatic carbocycles. The van der Waals surface area contributed by atoms with E-state index in [4.69, 9.17) is 19.3 Å². The highest BCUT2D eigenvalue weighted by Gasteiger charge is 2.28. The highest BCUT2D eigenvalue weighted by molar-refractivity contribution is 5.80. The Labute approximate surface area is 141 Å². The first-order chi connectivity index (χ1) is 11.5. The molecule has 0 spiro atoms. The van der Waals surface area contributed by atoms with E-state index in [1.165, 1.54) is 0 Å². The number of nitrogens with zero attached hydrogens (tertiary/aromatic N) is 1. The van der Waals surface area contributed by atoms with Crippen molar-refractivity contribution in [3.8, 4) is 5.75 Å². The minimum absolute atomic E-state index is 0.108. The molecule has 0 saturated carbocycles. The van der Waals surface area contributed by atoms with Crippen LogP contribution in [0.5, 0.6) is 5.75 Å². The van der Waals surface area contributed by atoms with E-state index >= 15 is 0 Å². The molecule has 1 saturated heterocycles. The van der Waals surface area contributed by atoms with Crippen molar-refractivity contribution in [1.82, 2.24) is 4.90 Å². The fourth-order valence-corrected chi connectivity index (χ4v) is 2.55. The van der Waals surface area contributed by atoms with Gasteiger partial charge in [0.2, 0.25) is 0 Å². The average Bonchev–Trinajstić information content (AvgIpc) is 2.58. The largest absolute Gasteiger partial charge is 0.497 e. The number of hydrogen-bond acceptors (Lipinski definition) is 5. The fourth-order valence-electron chi connectivity index (χ4n) is 2.55. The van der Waals surface area contributed by atoms with Crippen LogP contribution in [0.1, 0.15) is 18.9 Å². The van der Waals surface area contributed by atoms with E-state index in [0.29, 0.717) is 19.8 Å². The van der Waals surface area contributed by atoms with Gasteiger partial charge in [-0.15, -0.1) is 0 Å². The van der Waals surface area contributed by atoms with Gasteiger partial charge in [-0.3, -0.25) is 9.59 Å². The van der Waals surface area contributed by atoms with Gasteiger partial charge < -0.3 is 24.2 Å². The molecule has 0 aliphatic carbocycles. The summed E-state index contributed by atoms with van der Waals surface area (Å²) in [5.41, 5.74) is 0.916. The zero-order valence-electron chi connectivity index (χ0n) is 13.9. The molecule has 0 aromatic heterocycles. The standard InChI is InChI=1S/C17H23NO6/c1-12(24-11-13-4-3-5-14(8-13)22-2)17(21)18-6-7-23-15(10-18)9-16(19)20/h3-5,8,12,15H,6-7,9-11H2,1-2H3,(H,19,20)/t12-,15-/m0/s1. The summed E-state index contributed by atoms with van der Waals surface area (Å²) < 4.78 is 16.2. The Bertz CT molecular complexity index is 576. The maximum absolute atomic E-state index is 12.4. The van der Waals surface area contributed by atoms with Crippen molar-refractivity contribution >= 4 is 11.9 Å². The number of rotatable bonds is 7. The van der Waals surface area contributed by atoms with E-state index in [1.807, 2.05) is 24.3 Å². The van der Waals surface area contributed by atoms with Gasteiger partial charge in [0.25, 0.3) is 5.91 Å². The van der Waals surface area contributed by atoms with Crippen LogP contribution in [0.15, 0.2) is 24.3 Å². The zero-order chi connectivity index (χ0) is 17.5. The third-order valence-corrected chi connectivity index (χ3v) is 3.83. The van der Waals surface area contributed by atoms with Crippen LogP contribution in [0.4, 0.5) is 0 Å². The summed E-state index contributed by atoms with van der Waals surface area (Å²) in [6, 6.07) is 7.46. The molecule has 0 radical (unpaired) electrons. The monoisotopic (exact) mass is 337 g/mol. The smallest absolute Gasteiger partial charge is 0.306 e. The van der Waals surface area contributed by atoms with Crippen molar-refractivity contribution in [2.75, 3.05) is 26.8 Å². The quantitative estimate of drug-likeness (QED) is 0.807. The molecular formula is C17H23NO6. The molecule has 1 aliphatic rings. The molecule has 1 aliphatic heterocycles. The van der Waals surface area contributed by atoms with Crippen molar-refractivity contribution in [1.29, 1.82) is 0 Å². The van der Waals surface area contributed by atoms with Crippen LogP contribution < -0.4 is 4.74 Å². The molecule has 2 atom stereocenters. The number of hydrogen-bond donors (Lipinski definition) is 1. The van der Waals surface area contributed by atoms with Crippen LogP contribution in [0.3, 0.4) is 0 Å². The fraction of sp³-hybridized carbons (Fsp3) is 0.529. The highest BCUT2D eigenvalue weighted by Crippen LogP contribution is 2.15. The number of carboxylic acid groups (broad SMARTS) is 1. The van der Waals surface area contributed by atoms with Crippen LogP contribution in [0.25, 0.3) is 0 Å². The average molecular weight is 337 g/mol. The van der Waals surface area contributed by atoms with Crippen LogP contribution in [0, 0.1) is 0 Å². The second-order valence-electron chi connectivity index (χ2n) is 5.68. The molecule has 2 rings (SSSR count). The van der Waals surface area contributed by atoms with Crippen molar-refractivity contribution in [3.63, 3.8) is 0 Å². The molecule has 7 heteroatoms. The maximum atomic E-state index is 12.4. The Balaban J connectivity index is 1.85. The van der Waals surface area contributed by atoms with Gasteiger partial charge in [0.05, 0.1) is 32.8 Å². The number of aliphatic carboxylic acids is 1. The number of ether oxygens (including phenoxy) is 3. The lowest BCUT2D eigenvalue weighted by molar-refractivity contribution is -0.154. The third kappa shape index (κ3) is 5.21. The Morgan fingerprint density at radius 3 is 2.96 bits per heavy atom. The van der Waals surface area contributed by atoms with E-state index in [9.17, 15) is 9.59 Å². The minimum Gasteiger partial charge on any atom is -0.497 e. The first-order valence-electron chi connectivity index (χ1n) is 7.86. The first kappa shape index (κ1) is 18.2. The molecule has 1 fully saturated rings. The van der Waals surface area contributed by atoms with Gasteiger partial charge in [0.15, 0.2) is 0 Å². The number of carbonyl (C=O) groups is 2. The highest BCUT2D eigenvalue weighted by atomic mass is 16.5. The lowest BCUT2D eigenvalue weighted by Crippen LogP contribution is -2.49. The Morgan fingerprint density at radius 2 is 2.25 bits per heavy atom. The second kappa shape index (κ2) is 8.65. The summed E-state index contributed by atoms with van der Waals surface area (Å²) in [4.78, 5) is 24.8. The van der Waals surface area contributed by atoms with Crippen LogP contribution in [-0.2, 0) is 25.7 Å². The Kier molecular flexibility index (Phi) is 6.57. The van der Waals surface area contributed by atoms with Gasteiger partial charge in [-0.25, -0.2) is 0 Å². The van der Waals surface area contributed by atoms with E-state index < -0.39 is 18.2 Å². The van der Waals surface area contributed by atoms with Gasteiger partial charge in [0.1, 0.15) is 11.9 Å². The van der Waals surface area contributed by atoms with Gasteiger partial charge in [-0.2, -0.15) is 0 Å². The van der Waals surface area contributed by atoms with Crippen molar-refractivity contribution in [2.45, 2.75) is 32.2 Å². The summed E-state index contributed by atoms with van der Waals surface area (Å²) >= 11 is 0. The predicted octanol–water partition coefficient (Wildman–Crippen LogP) is 1.30. The van der Waals surface area contributed by atoms with Crippen molar-refractivity contribution in [3.05, 3.63) is 29.8 Å². The van der Waals surface area contributed by atoms with Gasteiger partial charge in [-0.05, 0) is 24.6 Å². The SMILES string of the molecule is COc1cccc(CO[C@@H](C)C(=O)N2CCO[C@@H](CC(=O)O)C2)c1. The summed E-state index contributed by atoms with van der Waals surface area (Å²) in [5, 5.41) is 8.83. The lowest BCUT2D eigenvalue weighted by Gasteiger charge is -2.33. The molecule has 1 N–H and O–H groups in total. The van der Waals surface area contributed by atoms with Gasteiger partial charge >= 0.3 is 5.97 Å². The summed E-state index contributed by atoms with van der Waals surface area (Å²) in [7, 11) is 1.60. The molecular weight excluding hydrogens is 314 g/mol. The van der Waals surface area contributed by atoms with Crippen molar-refractivity contribution < 1.29 is 28.9 Å². The van der Waals surface area contributed by atoms with Crippen molar-refractivity contribution in [2.24, 2.45) is 0 Å². The number of amides is 1. The number of carboxylic acids is 1. The number of carbonyl (C=O) groups excluding carboxylic acids is 1. The molecule has 1 amide bonds. The molecule has 24 heavy (non-hydrogen) atoms. The lowest BCUT2D eigenvalue weighted by atomic mass is 10.2. The van der Waals surface area contributed by atoms with Gasteiger partial charge in [-0.1, -0.05) is 12.1 Å². The van der Waals surface area contributed by atoms with E-state index in [-0.39, 0.29) is 18.9 Å². The molecule has 1 aromatic rings. The molecule has 7 nitrogen and oxygen atoms in total. The first-order valence-corrected chi connectivity index (χ1v) is 7.86. The van der Waals surface area contributed by atoms with Crippen LogP contribution in [0.2, 0.25) is 0 Å². The summed E-state index contributed by atoms with van der Waals surface area (Å²) in [6.07, 6.45) is -1.19. The number of morpholine rings is 1. The van der Waals surface area contributed by atoms with Gasteiger partial charge in [0, 0.05) is 13.1 Å². The zero-order valence-corrected chi connectivity index (χ0v) is 13.9. The maximum Gasteiger partial charge on any atom is 0.306 e. The predicted molar refractivity (Wildman–Crippen MR) is 85.8 cm³/mol. The Hall–Kier alpha value is -2.12. The van der Waals surface area contributed by atoms with E-state index in [2.05, 4.69) is 0 Å². The molecule has 0 bridgehead atoms. The molecule has 1 heterocycles. The van der Waals surface area contributed by atoms with Crippen LogP contribution in [-0.4, -0.2) is 60.9 Å².